The monoisotopic (exact) mass is 573 g/mol. The Morgan fingerprint density at radius 2 is 1.47 bits per heavy atom. The van der Waals surface area contributed by atoms with Crippen molar-refractivity contribution in [1.29, 1.82) is 0 Å². The molecule has 1 aromatic heterocycles. The minimum Gasteiger partial charge on any atom is -0.356 e. The fourth-order valence-electron chi connectivity index (χ4n) is 3.62. The number of hydrogen-bond acceptors (Lipinski definition) is 3. The number of rotatable bonds is 6. The smallest absolute Gasteiger partial charge is 0.356 e. The predicted molar refractivity (Wildman–Crippen MR) is 119 cm³/mol. The zero-order chi connectivity index (χ0) is 26.6. The highest BCUT2D eigenvalue weighted by molar-refractivity contribution is 6.39. The molecule has 0 bridgehead atoms. The number of alkyl halides is 7. The number of ketones is 1. The van der Waals surface area contributed by atoms with E-state index in [0.717, 1.165) is 12.8 Å². The van der Waals surface area contributed by atoms with Crippen LogP contribution in [-0.4, -0.2) is 23.3 Å². The summed E-state index contributed by atoms with van der Waals surface area (Å²) in [6.07, 6.45) is -10.4. The molecule has 1 aliphatic carbocycles. The summed E-state index contributed by atoms with van der Waals surface area (Å²) in [6, 6.07) is 6.14. The third kappa shape index (κ3) is 4.82. The Bertz CT molecular complexity index is 1290. The lowest BCUT2D eigenvalue weighted by molar-refractivity contribution is -0.348. The Morgan fingerprint density at radius 1 is 0.889 bits per heavy atom. The highest BCUT2D eigenvalue weighted by atomic mass is 35.5. The van der Waals surface area contributed by atoms with Crippen molar-refractivity contribution in [2.24, 2.45) is 5.92 Å². The molecule has 1 fully saturated rings. The second-order valence-electron chi connectivity index (χ2n) is 8.31. The van der Waals surface area contributed by atoms with E-state index in [9.17, 15) is 35.5 Å². The minimum absolute atomic E-state index is 0.154. The van der Waals surface area contributed by atoms with Gasteiger partial charge in [0.05, 0.1) is 20.6 Å². The standard InChI is InChI=1S/C23H13Cl3F7NO2/c24-14-4-3-11(6-13(14)18(35)5-10-1-2-10)17-9-19(36-34-17)20-15(25)7-12(8-16(20)26)21(27,22(28,29)30)23(31,32)33/h3-4,6-10H,1-2,5H2. The summed E-state index contributed by atoms with van der Waals surface area (Å²) >= 11 is 18.0. The first-order chi connectivity index (χ1) is 16.6. The zero-order valence-corrected chi connectivity index (χ0v) is 20.0. The van der Waals surface area contributed by atoms with E-state index < -0.39 is 33.6 Å². The highest BCUT2D eigenvalue weighted by Crippen LogP contribution is 2.54. The van der Waals surface area contributed by atoms with Crippen molar-refractivity contribution >= 4 is 40.6 Å². The van der Waals surface area contributed by atoms with Crippen molar-refractivity contribution in [3.63, 3.8) is 0 Å². The number of aromatic nitrogens is 1. The van der Waals surface area contributed by atoms with Crippen LogP contribution in [0.4, 0.5) is 30.7 Å². The first kappa shape index (κ1) is 26.8. The second kappa shape index (κ2) is 9.22. The molecule has 0 amide bonds. The van der Waals surface area contributed by atoms with Crippen molar-refractivity contribution in [2.75, 3.05) is 0 Å². The number of carbonyl (C=O) groups is 1. The van der Waals surface area contributed by atoms with Gasteiger partial charge >= 0.3 is 18.0 Å². The second-order valence-corrected chi connectivity index (χ2v) is 9.53. The lowest BCUT2D eigenvalue weighted by atomic mass is 9.93. The van der Waals surface area contributed by atoms with E-state index in [1.54, 1.807) is 0 Å². The van der Waals surface area contributed by atoms with Crippen LogP contribution < -0.4 is 0 Å². The van der Waals surface area contributed by atoms with Crippen LogP contribution >= 0.6 is 34.8 Å². The Morgan fingerprint density at radius 3 is 2.00 bits per heavy atom. The summed E-state index contributed by atoms with van der Waals surface area (Å²) in [4.78, 5) is 12.5. The number of Topliss-reactive ketones (excluding diaryl/α,β-unsaturated/α-hetero) is 1. The molecule has 0 N–H and O–H groups in total. The van der Waals surface area contributed by atoms with Gasteiger partial charge in [-0.15, -0.1) is 0 Å². The topological polar surface area (TPSA) is 43.1 Å². The van der Waals surface area contributed by atoms with Crippen LogP contribution in [-0.2, 0) is 5.67 Å². The Balaban J connectivity index is 1.71. The van der Waals surface area contributed by atoms with Crippen molar-refractivity contribution < 1.29 is 40.1 Å². The highest BCUT2D eigenvalue weighted by Gasteiger charge is 2.73. The third-order valence-electron chi connectivity index (χ3n) is 5.71. The van der Waals surface area contributed by atoms with Crippen LogP contribution in [0.3, 0.4) is 0 Å². The van der Waals surface area contributed by atoms with E-state index in [1.807, 2.05) is 0 Å². The van der Waals surface area contributed by atoms with Gasteiger partial charge in [-0.1, -0.05) is 46.0 Å². The summed E-state index contributed by atoms with van der Waals surface area (Å²) in [6.45, 7) is 0. The number of nitrogens with zero attached hydrogens (tertiary/aromatic N) is 1. The van der Waals surface area contributed by atoms with Gasteiger partial charge in [-0.05, 0) is 43.0 Å². The predicted octanol–water partition coefficient (Wildman–Crippen LogP) is 9.24. The molecule has 1 aliphatic rings. The van der Waals surface area contributed by atoms with E-state index in [-0.39, 0.29) is 45.5 Å². The van der Waals surface area contributed by atoms with Gasteiger partial charge in [-0.3, -0.25) is 4.79 Å². The van der Waals surface area contributed by atoms with Gasteiger partial charge in [0.15, 0.2) is 11.5 Å². The molecule has 0 unspecified atom stereocenters. The van der Waals surface area contributed by atoms with Crippen LogP contribution in [0.1, 0.15) is 35.2 Å². The van der Waals surface area contributed by atoms with E-state index in [2.05, 4.69) is 5.16 Å². The van der Waals surface area contributed by atoms with Gasteiger partial charge in [0.2, 0.25) is 0 Å². The number of benzene rings is 2. The first-order valence-corrected chi connectivity index (χ1v) is 11.4. The van der Waals surface area contributed by atoms with E-state index >= 15 is 0 Å². The molecule has 3 aromatic rings. The average Bonchev–Trinajstić information content (AvgIpc) is 3.44. The van der Waals surface area contributed by atoms with Crippen molar-refractivity contribution in [2.45, 2.75) is 37.3 Å². The SMILES string of the molecule is O=C(CC1CC1)c1cc(-c2cc(-c3c(Cl)cc(C(F)(C(F)(F)F)C(F)(F)F)cc3Cl)on2)ccc1Cl. The summed E-state index contributed by atoms with van der Waals surface area (Å²) in [5.74, 6) is -0.0458. The van der Waals surface area contributed by atoms with E-state index in [4.69, 9.17) is 39.3 Å². The van der Waals surface area contributed by atoms with Crippen molar-refractivity contribution in [3.8, 4) is 22.6 Å². The minimum atomic E-state index is -6.33. The molecule has 3 nitrogen and oxygen atoms in total. The summed E-state index contributed by atoms with van der Waals surface area (Å²) in [5.41, 5.74) is -7.02. The molecule has 2 aromatic carbocycles. The lowest BCUT2D eigenvalue weighted by Crippen LogP contribution is -2.50. The number of hydrogen-bond donors (Lipinski definition) is 0. The summed E-state index contributed by atoms with van der Waals surface area (Å²) < 4.78 is 98.3. The Kier molecular flexibility index (Phi) is 6.85. The molecule has 4 rings (SSSR count). The molecule has 192 valence electrons. The molecule has 36 heavy (non-hydrogen) atoms. The van der Waals surface area contributed by atoms with Crippen LogP contribution in [0.5, 0.6) is 0 Å². The van der Waals surface area contributed by atoms with Crippen LogP contribution in [0.25, 0.3) is 22.6 Å². The third-order valence-corrected chi connectivity index (χ3v) is 6.64. The van der Waals surface area contributed by atoms with Gasteiger partial charge in [0.25, 0.3) is 0 Å². The molecule has 0 saturated heterocycles. The van der Waals surface area contributed by atoms with Gasteiger partial charge in [-0.25, -0.2) is 4.39 Å². The van der Waals surface area contributed by atoms with E-state index in [1.165, 1.54) is 24.3 Å². The molecule has 0 radical (unpaired) electrons. The van der Waals surface area contributed by atoms with Gasteiger partial charge in [0, 0.05) is 29.2 Å². The molecule has 1 heterocycles. The fourth-order valence-corrected chi connectivity index (χ4v) is 4.51. The molecule has 0 atom stereocenters. The van der Waals surface area contributed by atoms with Crippen LogP contribution in [0.15, 0.2) is 40.9 Å². The maximum atomic E-state index is 14.4. The number of carbonyl (C=O) groups excluding carboxylic acids is 1. The fraction of sp³-hybridized carbons (Fsp3) is 0.304. The van der Waals surface area contributed by atoms with Gasteiger partial charge in [0.1, 0.15) is 5.69 Å². The molecule has 0 spiro atoms. The van der Waals surface area contributed by atoms with Crippen molar-refractivity contribution in [3.05, 3.63) is 62.6 Å². The summed E-state index contributed by atoms with van der Waals surface area (Å²) in [7, 11) is 0. The van der Waals surface area contributed by atoms with Gasteiger partial charge < -0.3 is 4.52 Å². The maximum absolute atomic E-state index is 14.4. The average molecular weight is 575 g/mol. The zero-order valence-electron chi connectivity index (χ0n) is 17.7. The molecule has 1 saturated carbocycles. The molecular formula is C23H13Cl3F7NO2. The first-order valence-electron chi connectivity index (χ1n) is 10.3. The molecule has 0 aliphatic heterocycles. The van der Waals surface area contributed by atoms with Crippen LogP contribution in [0, 0.1) is 5.92 Å². The lowest BCUT2D eigenvalue weighted by Gasteiger charge is -2.30. The van der Waals surface area contributed by atoms with E-state index in [0.29, 0.717) is 17.9 Å². The van der Waals surface area contributed by atoms with Crippen LogP contribution in [0.2, 0.25) is 15.1 Å². The number of halogens is 10. The Hall–Kier alpha value is -2.30. The molecular weight excluding hydrogens is 562 g/mol. The Labute approximate surface area is 214 Å². The van der Waals surface area contributed by atoms with Gasteiger partial charge in [-0.2, -0.15) is 26.3 Å². The maximum Gasteiger partial charge on any atom is 0.435 e. The molecule has 13 heteroatoms. The normalized spacial score (nSPS) is 14.8. The largest absolute Gasteiger partial charge is 0.435 e. The quantitative estimate of drug-likeness (QED) is 0.218. The van der Waals surface area contributed by atoms with Crippen molar-refractivity contribution in [1.82, 2.24) is 5.16 Å². The summed E-state index contributed by atoms with van der Waals surface area (Å²) in [5, 5.41) is 2.59.